The Bertz CT molecular complexity index is 1480. The van der Waals surface area contributed by atoms with Gasteiger partial charge in [0.2, 0.25) is 11.8 Å². The number of aromatic nitrogens is 4. The van der Waals surface area contributed by atoms with E-state index in [2.05, 4.69) is 9.97 Å². The molecule has 0 saturated heterocycles. The maximum atomic E-state index is 13.7. The summed E-state index contributed by atoms with van der Waals surface area (Å²) in [5.74, 6) is -2.15. The number of carbonyl (C=O) groups excluding carboxylic acids is 1. The van der Waals surface area contributed by atoms with Gasteiger partial charge in [-0.15, -0.1) is 0 Å². The van der Waals surface area contributed by atoms with Gasteiger partial charge < -0.3 is 9.72 Å². The molecule has 0 saturated carbocycles. The van der Waals surface area contributed by atoms with Gasteiger partial charge in [-0.25, -0.2) is 22.9 Å². The lowest BCUT2D eigenvalue weighted by Crippen LogP contribution is -2.24. The molecule has 2 aromatic carbocycles. The molecular weight excluding hydrogens is 446 g/mol. The van der Waals surface area contributed by atoms with Crippen molar-refractivity contribution in [2.24, 2.45) is 0 Å². The number of carbonyl (C=O) groups is 1. The summed E-state index contributed by atoms with van der Waals surface area (Å²) in [4.78, 5) is 42.5. The van der Waals surface area contributed by atoms with Gasteiger partial charge in [-0.05, 0) is 29.8 Å². The van der Waals surface area contributed by atoms with Gasteiger partial charge in [-0.3, -0.25) is 9.36 Å². The number of H-pyrrole nitrogens is 1. The number of rotatable bonds is 5. The lowest BCUT2D eigenvalue weighted by molar-refractivity contribution is 0.0937. The summed E-state index contributed by atoms with van der Waals surface area (Å²) in [5.41, 5.74) is 0.327. The lowest BCUT2D eigenvalue weighted by Gasteiger charge is -2.11. The van der Waals surface area contributed by atoms with E-state index in [4.69, 9.17) is 16.3 Å². The number of benzene rings is 2. The zero-order valence-electron chi connectivity index (χ0n) is 16.6. The summed E-state index contributed by atoms with van der Waals surface area (Å²) < 4.78 is 34.3. The molecular formula is C21H15ClF2N4O4. The van der Waals surface area contributed by atoms with E-state index in [1.165, 1.54) is 23.8 Å². The molecule has 11 heteroatoms. The van der Waals surface area contributed by atoms with Crippen LogP contribution in [-0.2, 0) is 13.2 Å². The Morgan fingerprint density at radius 2 is 1.97 bits per heavy atom. The van der Waals surface area contributed by atoms with Crippen LogP contribution >= 0.6 is 11.6 Å². The third-order valence-electron chi connectivity index (χ3n) is 4.71. The highest BCUT2D eigenvalue weighted by Gasteiger charge is 2.13. The fourth-order valence-corrected chi connectivity index (χ4v) is 3.42. The Balaban J connectivity index is 1.58. The third-order valence-corrected chi connectivity index (χ3v) is 4.97. The molecule has 0 spiro atoms. The van der Waals surface area contributed by atoms with Crippen molar-refractivity contribution >= 4 is 28.5 Å². The summed E-state index contributed by atoms with van der Waals surface area (Å²) in [6, 6.07) is 7.94. The molecule has 2 aromatic heterocycles. The average molecular weight is 461 g/mol. The number of halogens is 3. The molecule has 1 N–H and O–H groups in total. The molecule has 0 atom stereocenters. The first-order chi connectivity index (χ1) is 15.2. The highest BCUT2D eigenvalue weighted by atomic mass is 35.5. The minimum Gasteiger partial charge on any atom is -0.471 e. The normalized spacial score (nSPS) is 11.1. The second-order valence-corrected chi connectivity index (χ2v) is 7.37. The van der Waals surface area contributed by atoms with Crippen LogP contribution in [0.2, 0.25) is 5.02 Å². The first-order valence-electron chi connectivity index (χ1n) is 9.31. The van der Waals surface area contributed by atoms with Crippen LogP contribution in [0.4, 0.5) is 8.78 Å². The monoisotopic (exact) mass is 460 g/mol. The number of aromatic amines is 1. The first kappa shape index (κ1) is 21.4. The number of hydrogen-bond donors (Lipinski definition) is 1. The predicted octanol–water partition coefficient (Wildman–Crippen LogP) is 3.11. The van der Waals surface area contributed by atoms with Crippen molar-refractivity contribution in [1.29, 1.82) is 0 Å². The number of fused-ring (bicyclic) bond motifs is 1. The van der Waals surface area contributed by atoms with E-state index in [0.29, 0.717) is 16.6 Å². The molecule has 0 radical (unpaired) electrons. The Morgan fingerprint density at radius 3 is 2.69 bits per heavy atom. The van der Waals surface area contributed by atoms with E-state index in [0.717, 1.165) is 16.7 Å². The van der Waals surface area contributed by atoms with Crippen LogP contribution in [0.5, 0.6) is 5.88 Å². The molecule has 32 heavy (non-hydrogen) atoms. The van der Waals surface area contributed by atoms with Gasteiger partial charge in [0, 0.05) is 24.8 Å². The number of nitrogens with zero attached hydrogens (tertiary/aromatic N) is 3. The van der Waals surface area contributed by atoms with Gasteiger partial charge >= 0.3 is 11.4 Å². The van der Waals surface area contributed by atoms with Crippen molar-refractivity contribution in [2.45, 2.75) is 20.1 Å². The quantitative estimate of drug-likeness (QED) is 0.493. The van der Waals surface area contributed by atoms with E-state index in [1.54, 1.807) is 18.2 Å². The average Bonchev–Trinajstić information content (AvgIpc) is 3.05. The van der Waals surface area contributed by atoms with Crippen LogP contribution in [0.25, 0.3) is 11.0 Å². The van der Waals surface area contributed by atoms with E-state index in [9.17, 15) is 23.2 Å². The summed E-state index contributed by atoms with van der Waals surface area (Å²) >= 11 is 6.17. The van der Waals surface area contributed by atoms with Crippen molar-refractivity contribution < 1.29 is 18.3 Å². The van der Waals surface area contributed by atoms with Crippen LogP contribution in [0, 0.1) is 11.6 Å². The maximum absolute atomic E-state index is 13.7. The van der Waals surface area contributed by atoms with E-state index in [-0.39, 0.29) is 29.6 Å². The number of ether oxygens (including phenoxy) is 1. The zero-order chi connectivity index (χ0) is 23.0. The summed E-state index contributed by atoms with van der Waals surface area (Å²) in [6.45, 7) is 1.03. The van der Waals surface area contributed by atoms with E-state index < -0.39 is 28.9 Å². The Hall–Kier alpha value is -3.79. The van der Waals surface area contributed by atoms with Crippen LogP contribution in [0.15, 0.2) is 52.2 Å². The van der Waals surface area contributed by atoms with Crippen LogP contribution < -0.4 is 16.1 Å². The molecule has 4 rings (SSSR count). The number of nitrogens with one attached hydrogen (secondary N) is 1. The van der Waals surface area contributed by atoms with Gasteiger partial charge in [-0.2, -0.15) is 4.98 Å². The predicted molar refractivity (Wildman–Crippen MR) is 112 cm³/mol. The highest BCUT2D eigenvalue weighted by Crippen LogP contribution is 2.22. The molecule has 0 aliphatic rings. The third kappa shape index (κ3) is 4.17. The van der Waals surface area contributed by atoms with Crippen LogP contribution in [0.1, 0.15) is 22.8 Å². The summed E-state index contributed by atoms with van der Waals surface area (Å²) in [6.07, 6.45) is 1.31. The molecule has 0 bridgehead atoms. The van der Waals surface area contributed by atoms with Gasteiger partial charge in [0.1, 0.15) is 23.3 Å². The maximum Gasteiger partial charge on any atom is 0.351 e. The SMILES string of the molecule is CC(=O)n1c(=O)[nH]c2ccc(Cn3cc(Cl)c(OCc4ccc(F)cc4F)nc3=O)cc21. The molecule has 0 fully saturated rings. The van der Waals surface area contributed by atoms with Crippen molar-refractivity contribution in [3.8, 4) is 5.88 Å². The minimum absolute atomic E-state index is 0.00971. The highest BCUT2D eigenvalue weighted by molar-refractivity contribution is 6.31. The van der Waals surface area contributed by atoms with Gasteiger partial charge in [0.15, 0.2) is 0 Å². The number of hydrogen-bond acceptors (Lipinski definition) is 5. The Morgan fingerprint density at radius 1 is 1.19 bits per heavy atom. The zero-order valence-corrected chi connectivity index (χ0v) is 17.3. The lowest BCUT2D eigenvalue weighted by atomic mass is 10.2. The molecule has 0 aliphatic carbocycles. The smallest absolute Gasteiger partial charge is 0.351 e. The Kier molecular flexibility index (Phi) is 5.62. The molecule has 0 amide bonds. The minimum atomic E-state index is -0.793. The standard InChI is InChI=1S/C21H15ClF2N4O4/c1-11(29)28-18-6-12(2-5-17(18)25-21(28)31)8-27-9-15(22)19(26-20(27)30)32-10-13-3-4-14(23)7-16(13)24/h2-7,9H,8,10H2,1H3,(H,25,31). The molecule has 0 unspecified atom stereocenters. The number of imidazole rings is 1. The largest absolute Gasteiger partial charge is 0.471 e. The Labute approximate surface area is 183 Å². The van der Waals surface area contributed by atoms with E-state index in [1.807, 2.05) is 0 Å². The van der Waals surface area contributed by atoms with Crippen molar-refractivity contribution in [1.82, 2.24) is 19.1 Å². The molecule has 0 aliphatic heterocycles. The molecule has 2 heterocycles. The molecule has 164 valence electrons. The van der Waals surface area contributed by atoms with Gasteiger partial charge in [-0.1, -0.05) is 17.7 Å². The van der Waals surface area contributed by atoms with Crippen LogP contribution in [0.3, 0.4) is 0 Å². The van der Waals surface area contributed by atoms with Gasteiger partial charge in [0.05, 0.1) is 17.6 Å². The van der Waals surface area contributed by atoms with E-state index >= 15 is 0 Å². The second kappa shape index (κ2) is 8.39. The van der Waals surface area contributed by atoms with Crippen molar-refractivity contribution in [3.63, 3.8) is 0 Å². The fourth-order valence-electron chi connectivity index (χ4n) is 3.21. The van der Waals surface area contributed by atoms with Crippen molar-refractivity contribution in [3.05, 3.63) is 91.3 Å². The van der Waals surface area contributed by atoms with Crippen LogP contribution in [-0.4, -0.2) is 25.0 Å². The first-order valence-corrected chi connectivity index (χ1v) is 9.69. The molecule has 8 nitrogen and oxygen atoms in total. The summed E-state index contributed by atoms with van der Waals surface area (Å²) in [5, 5.41) is 0.00971. The topological polar surface area (TPSA) is 99.0 Å². The van der Waals surface area contributed by atoms with Gasteiger partial charge in [0.25, 0.3) is 0 Å². The molecule has 4 aromatic rings. The summed E-state index contributed by atoms with van der Waals surface area (Å²) in [7, 11) is 0. The fraction of sp³-hybridized carbons (Fsp3) is 0.143. The van der Waals surface area contributed by atoms with Crippen molar-refractivity contribution in [2.75, 3.05) is 0 Å². The second-order valence-electron chi connectivity index (χ2n) is 6.96.